The molecule has 0 aliphatic carbocycles. The first-order valence-corrected chi connectivity index (χ1v) is 7.25. The second kappa shape index (κ2) is 6.03. The topological polar surface area (TPSA) is 53.9 Å². The summed E-state index contributed by atoms with van der Waals surface area (Å²) in [7, 11) is 1.77. The van der Waals surface area contributed by atoms with Gasteiger partial charge in [-0.15, -0.1) is 0 Å². The molecule has 1 aliphatic heterocycles. The minimum atomic E-state index is -0.897. The molecule has 0 saturated heterocycles. The van der Waals surface area contributed by atoms with E-state index in [0.717, 1.165) is 5.56 Å². The van der Waals surface area contributed by atoms with Gasteiger partial charge in [0.2, 0.25) is 5.91 Å². The number of rotatable bonds is 4. The molecule has 5 nitrogen and oxygen atoms in total. The summed E-state index contributed by atoms with van der Waals surface area (Å²) in [6.07, 6.45) is 0.166. The van der Waals surface area contributed by atoms with Crippen LogP contribution in [0.3, 0.4) is 0 Å². The molecule has 2 rings (SSSR count). The highest BCUT2D eigenvalue weighted by Crippen LogP contribution is 2.28. The first-order chi connectivity index (χ1) is 9.79. The average Bonchev–Trinajstić information content (AvgIpc) is 2.63. The number of carbonyl (C=O) groups is 1. The lowest BCUT2D eigenvalue weighted by atomic mass is 10.1. The Morgan fingerprint density at radius 1 is 1.52 bits per heavy atom. The Morgan fingerprint density at radius 2 is 2.24 bits per heavy atom. The first-order valence-electron chi connectivity index (χ1n) is 6.87. The molecule has 1 N–H and O–H groups in total. The lowest BCUT2D eigenvalue weighted by Crippen LogP contribution is -2.38. The second-order valence-corrected chi connectivity index (χ2v) is 6.04. The van der Waals surface area contributed by atoms with E-state index in [-0.39, 0.29) is 18.4 Å². The van der Waals surface area contributed by atoms with E-state index in [1.54, 1.807) is 25.1 Å². The van der Waals surface area contributed by atoms with Gasteiger partial charge < -0.3 is 5.32 Å². The molecule has 0 spiro atoms. The molecular formula is C15H20ClN3O2. The molecule has 1 unspecified atom stereocenters. The lowest BCUT2D eigenvalue weighted by Gasteiger charge is -2.22. The molecule has 21 heavy (non-hydrogen) atoms. The maximum Gasteiger partial charge on any atom is 0.225 e. The third kappa shape index (κ3) is 3.95. The van der Waals surface area contributed by atoms with Crippen molar-refractivity contribution in [3.8, 4) is 0 Å². The van der Waals surface area contributed by atoms with Gasteiger partial charge in [-0.05, 0) is 32.9 Å². The predicted molar refractivity (Wildman–Crippen MR) is 83.1 cm³/mol. The molecule has 6 heteroatoms. The number of aliphatic imine (C=N–C) groups is 1. The molecule has 114 valence electrons. The Labute approximate surface area is 129 Å². The summed E-state index contributed by atoms with van der Waals surface area (Å²) < 4.78 is 0. The van der Waals surface area contributed by atoms with Gasteiger partial charge in [-0.3, -0.25) is 4.79 Å². The molecule has 1 heterocycles. The van der Waals surface area contributed by atoms with Gasteiger partial charge in [-0.2, -0.15) is 0 Å². The van der Waals surface area contributed by atoms with Crippen molar-refractivity contribution in [3.63, 3.8) is 0 Å². The van der Waals surface area contributed by atoms with Crippen LogP contribution >= 0.6 is 11.6 Å². The maximum absolute atomic E-state index is 11.9. The number of hydrogen-bond acceptors (Lipinski definition) is 4. The number of amides is 1. The number of nitrogens with zero attached hydrogens (tertiary/aromatic N) is 2. The largest absolute Gasteiger partial charge is 0.354 e. The summed E-state index contributed by atoms with van der Waals surface area (Å²) >= 11 is 6.01. The highest BCUT2D eigenvalue weighted by atomic mass is 35.5. The fourth-order valence-corrected chi connectivity index (χ4v) is 2.46. The summed E-state index contributed by atoms with van der Waals surface area (Å²) in [6, 6.07) is 7.48. The number of hydrogen-bond donors (Lipinski definition) is 1. The Kier molecular flexibility index (Phi) is 4.54. The Balaban J connectivity index is 2.19. The first kappa shape index (κ1) is 15.8. The van der Waals surface area contributed by atoms with E-state index in [4.69, 9.17) is 16.4 Å². The normalized spacial score (nSPS) is 21.6. The number of amidine groups is 1. The summed E-state index contributed by atoms with van der Waals surface area (Å²) in [4.78, 5) is 22.2. The molecular weight excluding hydrogens is 290 g/mol. The number of nitrogens with one attached hydrogen (secondary N) is 1. The van der Waals surface area contributed by atoms with E-state index < -0.39 is 5.72 Å². The predicted octanol–water partition coefficient (Wildman–Crippen LogP) is 2.59. The van der Waals surface area contributed by atoms with E-state index >= 15 is 0 Å². The summed E-state index contributed by atoms with van der Waals surface area (Å²) in [5, 5.41) is 5.06. The molecule has 0 saturated carbocycles. The molecule has 1 aromatic rings. The molecule has 0 bridgehead atoms. The molecule has 1 atom stereocenters. The summed E-state index contributed by atoms with van der Waals surface area (Å²) in [5.74, 6) is 0.578. The Morgan fingerprint density at radius 3 is 2.86 bits per heavy atom. The van der Waals surface area contributed by atoms with Crippen molar-refractivity contribution in [2.45, 2.75) is 39.0 Å². The van der Waals surface area contributed by atoms with Gasteiger partial charge in [0.15, 0.2) is 11.6 Å². The SMILES string of the molecule is CC(C)NC(=O)CC1(C)N=C(c2cccc(Cl)c2)N(C)O1. The monoisotopic (exact) mass is 309 g/mol. The zero-order chi connectivity index (χ0) is 15.6. The molecule has 0 aromatic heterocycles. The highest BCUT2D eigenvalue weighted by Gasteiger charge is 2.37. The van der Waals surface area contributed by atoms with Gasteiger partial charge in [0.05, 0.1) is 6.42 Å². The van der Waals surface area contributed by atoms with Crippen LogP contribution in [0, 0.1) is 0 Å². The smallest absolute Gasteiger partial charge is 0.225 e. The number of benzene rings is 1. The highest BCUT2D eigenvalue weighted by molar-refractivity contribution is 6.31. The third-order valence-corrected chi connectivity index (χ3v) is 3.23. The third-order valence-electron chi connectivity index (χ3n) is 3.00. The maximum atomic E-state index is 11.9. The van der Waals surface area contributed by atoms with E-state index in [9.17, 15) is 4.79 Å². The molecule has 0 fully saturated rings. The van der Waals surface area contributed by atoms with Crippen molar-refractivity contribution in [2.75, 3.05) is 7.05 Å². The van der Waals surface area contributed by atoms with Gasteiger partial charge >= 0.3 is 0 Å². The van der Waals surface area contributed by atoms with Crippen LogP contribution in [0.25, 0.3) is 0 Å². The summed E-state index contributed by atoms with van der Waals surface area (Å²) in [6.45, 7) is 5.63. The fourth-order valence-electron chi connectivity index (χ4n) is 2.27. The van der Waals surface area contributed by atoms with Crippen molar-refractivity contribution in [2.24, 2.45) is 4.99 Å². The van der Waals surface area contributed by atoms with Crippen molar-refractivity contribution >= 4 is 23.3 Å². The molecule has 0 radical (unpaired) electrons. The van der Waals surface area contributed by atoms with Crippen LogP contribution < -0.4 is 5.32 Å². The van der Waals surface area contributed by atoms with Crippen LogP contribution in [-0.4, -0.2) is 35.6 Å². The Bertz CT molecular complexity index is 574. The Hall–Kier alpha value is -1.59. The molecule has 1 aromatic carbocycles. The van der Waals surface area contributed by atoms with Gasteiger partial charge in [-0.25, -0.2) is 14.9 Å². The van der Waals surface area contributed by atoms with Crippen LogP contribution in [0.2, 0.25) is 5.02 Å². The van der Waals surface area contributed by atoms with Crippen molar-refractivity contribution in [1.29, 1.82) is 0 Å². The van der Waals surface area contributed by atoms with Crippen LogP contribution in [0.4, 0.5) is 0 Å². The van der Waals surface area contributed by atoms with Crippen LogP contribution in [0.5, 0.6) is 0 Å². The number of carbonyl (C=O) groups excluding carboxylic acids is 1. The fraction of sp³-hybridized carbons (Fsp3) is 0.467. The van der Waals surface area contributed by atoms with E-state index in [0.29, 0.717) is 10.9 Å². The van der Waals surface area contributed by atoms with Crippen LogP contribution in [0.15, 0.2) is 29.3 Å². The van der Waals surface area contributed by atoms with Crippen LogP contribution in [-0.2, 0) is 9.63 Å². The van der Waals surface area contributed by atoms with Crippen molar-refractivity contribution < 1.29 is 9.63 Å². The minimum Gasteiger partial charge on any atom is -0.354 e. The van der Waals surface area contributed by atoms with Gasteiger partial charge in [-0.1, -0.05) is 23.7 Å². The quantitative estimate of drug-likeness (QED) is 0.930. The average molecular weight is 310 g/mol. The summed E-state index contributed by atoms with van der Waals surface area (Å²) in [5.41, 5.74) is -0.0382. The minimum absolute atomic E-state index is 0.0861. The van der Waals surface area contributed by atoms with Crippen LogP contribution in [0.1, 0.15) is 32.8 Å². The van der Waals surface area contributed by atoms with E-state index in [1.165, 1.54) is 0 Å². The van der Waals surface area contributed by atoms with Gasteiger partial charge in [0.1, 0.15) is 0 Å². The zero-order valence-corrected chi connectivity index (χ0v) is 13.4. The lowest BCUT2D eigenvalue weighted by molar-refractivity contribution is -0.166. The van der Waals surface area contributed by atoms with Gasteiger partial charge in [0.25, 0.3) is 0 Å². The number of hydroxylamine groups is 2. The van der Waals surface area contributed by atoms with Gasteiger partial charge in [0, 0.05) is 23.7 Å². The van der Waals surface area contributed by atoms with E-state index in [2.05, 4.69) is 10.3 Å². The van der Waals surface area contributed by atoms with E-state index in [1.807, 2.05) is 32.0 Å². The molecule has 1 aliphatic rings. The standard InChI is InChI=1S/C15H20ClN3O2/c1-10(2)17-13(20)9-15(3)18-14(19(4)21-15)11-6-5-7-12(16)8-11/h5-8,10H,9H2,1-4H3,(H,17,20). The van der Waals surface area contributed by atoms with Crippen molar-refractivity contribution in [3.05, 3.63) is 34.9 Å². The van der Waals surface area contributed by atoms with Crippen molar-refractivity contribution in [1.82, 2.24) is 10.4 Å². The molecule has 1 amide bonds. The zero-order valence-electron chi connectivity index (χ0n) is 12.7. The second-order valence-electron chi connectivity index (χ2n) is 5.61. The number of halogens is 1.